The van der Waals surface area contributed by atoms with E-state index in [2.05, 4.69) is 25.7 Å². The zero-order valence-electron chi connectivity index (χ0n) is 17.9. The number of anilines is 2. The number of hydroxylamine groups is 2. The van der Waals surface area contributed by atoms with Gasteiger partial charge < -0.3 is 9.80 Å². The molecule has 1 saturated heterocycles. The van der Waals surface area contributed by atoms with Crippen molar-refractivity contribution in [1.82, 2.24) is 25.4 Å². The molecule has 0 bridgehead atoms. The van der Waals surface area contributed by atoms with Crippen LogP contribution in [-0.4, -0.2) is 77.2 Å². The number of hydrazine groups is 1. The molecule has 1 aliphatic rings. The highest BCUT2D eigenvalue weighted by Crippen LogP contribution is 2.21. The van der Waals surface area contributed by atoms with E-state index in [1.54, 1.807) is 6.92 Å². The molecule has 0 unspecified atom stereocenters. The Morgan fingerprint density at radius 3 is 2.63 bits per heavy atom. The Morgan fingerprint density at radius 2 is 2.00 bits per heavy atom. The maximum Gasteiger partial charge on any atom is 0.244 e. The van der Waals surface area contributed by atoms with E-state index >= 15 is 0 Å². The van der Waals surface area contributed by atoms with Crippen LogP contribution in [0.5, 0.6) is 0 Å². The molecule has 10 nitrogen and oxygen atoms in total. The smallest absolute Gasteiger partial charge is 0.244 e. The number of likely N-dealkylation sites (N-methyl/N-ethyl adjacent to an activating group) is 1. The Bertz CT molecular complexity index is 714. The van der Waals surface area contributed by atoms with E-state index in [0.717, 1.165) is 32.4 Å². The zero-order valence-corrected chi connectivity index (χ0v) is 17.9. The molecule has 0 aromatic carbocycles. The van der Waals surface area contributed by atoms with Gasteiger partial charge in [0.15, 0.2) is 11.6 Å². The minimum Gasteiger partial charge on any atom is -0.351 e. The number of amides is 2. The van der Waals surface area contributed by atoms with Gasteiger partial charge in [-0.05, 0) is 20.4 Å². The number of aryl methyl sites for hydroxylation is 1. The molecule has 1 aromatic rings. The predicted octanol–water partition coefficient (Wildman–Crippen LogP) is 1.16. The van der Waals surface area contributed by atoms with Crippen LogP contribution >= 0.6 is 0 Å². The van der Waals surface area contributed by atoms with Crippen LogP contribution in [0.25, 0.3) is 0 Å². The first-order valence-electron chi connectivity index (χ1n) is 10.3. The van der Waals surface area contributed by atoms with E-state index in [1.807, 2.05) is 18.9 Å². The first-order chi connectivity index (χ1) is 14.3. The standard InChI is InChI=1S/C19H32FN7O3/c1-4-5-6-7-15(12-27(30)13-28)18(29)23-24-19-21-14(2)16(20)17(22-19)26-10-8-25(3)9-11-26/h13,15,30H,4-12H2,1-3H3,(H,23,29)(H,21,22,24)/t15-/m0/s1. The summed E-state index contributed by atoms with van der Waals surface area (Å²) in [6.45, 7) is 6.38. The number of hydrogen-bond acceptors (Lipinski definition) is 8. The van der Waals surface area contributed by atoms with Crippen molar-refractivity contribution in [2.45, 2.75) is 39.5 Å². The summed E-state index contributed by atoms with van der Waals surface area (Å²) in [5, 5.41) is 9.93. The van der Waals surface area contributed by atoms with Crippen molar-refractivity contribution in [3.8, 4) is 0 Å². The zero-order chi connectivity index (χ0) is 22.1. The number of carbonyl (C=O) groups excluding carboxylic acids is 2. The van der Waals surface area contributed by atoms with Crippen LogP contribution in [0.15, 0.2) is 0 Å². The summed E-state index contributed by atoms with van der Waals surface area (Å²) in [7, 11) is 2.01. The molecule has 168 valence electrons. The number of piperazine rings is 1. The normalized spacial score (nSPS) is 15.6. The molecule has 0 spiro atoms. The summed E-state index contributed by atoms with van der Waals surface area (Å²) < 4.78 is 14.6. The van der Waals surface area contributed by atoms with Crippen molar-refractivity contribution in [3.63, 3.8) is 0 Å². The fourth-order valence-corrected chi connectivity index (χ4v) is 3.26. The van der Waals surface area contributed by atoms with Gasteiger partial charge in [0.25, 0.3) is 0 Å². The summed E-state index contributed by atoms with van der Waals surface area (Å²) >= 11 is 0. The van der Waals surface area contributed by atoms with Crippen LogP contribution in [0.1, 0.15) is 38.3 Å². The van der Waals surface area contributed by atoms with Crippen molar-refractivity contribution in [2.75, 3.05) is 50.1 Å². The molecule has 0 saturated carbocycles. The van der Waals surface area contributed by atoms with Crippen molar-refractivity contribution in [2.24, 2.45) is 5.92 Å². The average molecular weight is 426 g/mol. The molecular formula is C19H32FN7O3. The summed E-state index contributed by atoms with van der Waals surface area (Å²) in [5.74, 6) is -1.19. The lowest BCUT2D eigenvalue weighted by Crippen LogP contribution is -2.45. The van der Waals surface area contributed by atoms with Crippen LogP contribution < -0.4 is 15.8 Å². The summed E-state index contributed by atoms with van der Waals surface area (Å²) in [5.41, 5.74) is 5.35. The second-order valence-electron chi connectivity index (χ2n) is 7.59. The highest BCUT2D eigenvalue weighted by molar-refractivity contribution is 5.80. The van der Waals surface area contributed by atoms with Gasteiger partial charge in [-0.3, -0.25) is 25.6 Å². The molecule has 0 aliphatic carbocycles. The van der Waals surface area contributed by atoms with E-state index in [4.69, 9.17) is 0 Å². The van der Waals surface area contributed by atoms with E-state index in [0.29, 0.717) is 24.6 Å². The number of unbranched alkanes of at least 4 members (excludes halogenated alkanes) is 2. The third-order valence-corrected chi connectivity index (χ3v) is 5.16. The first-order valence-corrected chi connectivity index (χ1v) is 10.3. The maximum atomic E-state index is 14.6. The molecule has 3 N–H and O–H groups in total. The molecule has 2 heterocycles. The molecule has 1 fully saturated rings. The number of halogens is 1. The number of hydrogen-bond donors (Lipinski definition) is 3. The summed E-state index contributed by atoms with van der Waals surface area (Å²) in [4.78, 5) is 35.6. The second-order valence-corrected chi connectivity index (χ2v) is 7.59. The van der Waals surface area contributed by atoms with Gasteiger partial charge in [-0.1, -0.05) is 26.2 Å². The van der Waals surface area contributed by atoms with Gasteiger partial charge in [0.2, 0.25) is 18.3 Å². The largest absolute Gasteiger partial charge is 0.351 e. The third-order valence-electron chi connectivity index (χ3n) is 5.16. The lowest BCUT2D eigenvalue weighted by atomic mass is 10.0. The van der Waals surface area contributed by atoms with Crippen LogP contribution in [-0.2, 0) is 9.59 Å². The molecule has 30 heavy (non-hydrogen) atoms. The summed E-state index contributed by atoms with van der Waals surface area (Å²) in [6, 6.07) is 0. The van der Waals surface area contributed by atoms with Gasteiger partial charge in [-0.25, -0.2) is 14.4 Å². The van der Waals surface area contributed by atoms with Crippen LogP contribution in [0, 0.1) is 18.7 Å². The number of aromatic nitrogens is 2. The molecule has 1 aromatic heterocycles. The lowest BCUT2D eigenvalue weighted by Gasteiger charge is -2.33. The lowest BCUT2D eigenvalue weighted by molar-refractivity contribution is -0.154. The maximum absolute atomic E-state index is 14.6. The fraction of sp³-hybridized carbons (Fsp3) is 0.684. The van der Waals surface area contributed by atoms with Gasteiger partial charge >= 0.3 is 0 Å². The van der Waals surface area contributed by atoms with E-state index in [1.165, 1.54) is 0 Å². The third kappa shape index (κ3) is 6.77. The molecule has 1 atom stereocenters. The van der Waals surface area contributed by atoms with Crippen molar-refractivity contribution >= 4 is 24.1 Å². The quantitative estimate of drug-likeness (QED) is 0.210. The van der Waals surface area contributed by atoms with Crippen molar-refractivity contribution < 1.29 is 19.2 Å². The van der Waals surface area contributed by atoms with Gasteiger partial charge in [-0.2, -0.15) is 4.98 Å². The topological polar surface area (TPSA) is 114 Å². The molecule has 2 rings (SSSR count). The minimum absolute atomic E-state index is 0.0831. The molecule has 0 radical (unpaired) electrons. The summed E-state index contributed by atoms with van der Waals surface area (Å²) in [6.07, 6.45) is 3.50. The van der Waals surface area contributed by atoms with E-state index in [9.17, 15) is 19.2 Å². The number of rotatable bonds is 11. The minimum atomic E-state index is -0.599. The monoisotopic (exact) mass is 425 g/mol. The SMILES string of the molecule is CCCCC[C@@H](CN(O)C=O)C(=O)NNc1nc(C)c(F)c(N2CCN(C)CC2)n1. The van der Waals surface area contributed by atoms with Gasteiger partial charge in [0, 0.05) is 26.2 Å². The van der Waals surface area contributed by atoms with Crippen molar-refractivity contribution in [1.29, 1.82) is 0 Å². The number of nitrogens with one attached hydrogen (secondary N) is 2. The van der Waals surface area contributed by atoms with Crippen LogP contribution in [0.3, 0.4) is 0 Å². The average Bonchev–Trinajstić information content (AvgIpc) is 2.74. The van der Waals surface area contributed by atoms with E-state index < -0.39 is 17.6 Å². The predicted molar refractivity (Wildman–Crippen MR) is 110 cm³/mol. The molecule has 11 heteroatoms. The Morgan fingerprint density at radius 1 is 1.30 bits per heavy atom. The van der Waals surface area contributed by atoms with Crippen molar-refractivity contribution in [3.05, 3.63) is 11.5 Å². The fourth-order valence-electron chi connectivity index (χ4n) is 3.26. The highest BCUT2D eigenvalue weighted by Gasteiger charge is 2.23. The molecule has 1 aliphatic heterocycles. The highest BCUT2D eigenvalue weighted by atomic mass is 19.1. The number of carbonyl (C=O) groups is 2. The molecular weight excluding hydrogens is 393 g/mol. The van der Waals surface area contributed by atoms with Crippen LogP contribution in [0.2, 0.25) is 0 Å². The van der Waals surface area contributed by atoms with Gasteiger partial charge in [-0.15, -0.1) is 0 Å². The Balaban J connectivity index is 2.05. The Hall–Kier alpha value is -2.53. The first kappa shape index (κ1) is 23.7. The molecule has 2 amide bonds. The van der Waals surface area contributed by atoms with Crippen LogP contribution in [0.4, 0.5) is 16.2 Å². The van der Waals surface area contributed by atoms with Gasteiger partial charge in [0.05, 0.1) is 18.2 Å². The Kier molecular flexibility index (Phi) is 9.18. The van der Waals surface area contributed by atoms with Gasteiger partial charge in [0.1, 0.15) is 0 Å². The second kappa shape index (κ2) is 11.6. The van der Waals surface area contributed by atoms with E-state index in [-0.39, 0.29) is 30.4 Å². The Labute approximate surface area is 176 Å². The number of nitrogens with zero attached hydrogens (tertiary/aromatic N) is 5.